The Morgan fingerprint density at radius 3 is 2.83 bits per heavy atom. The quantitative estimate of drug-likeness (QED) is 0.773. The highest BCUT2D eigenvalue weighted by Crippen LogP contribution is 2.21. The standard InChI is InChI=1S/C21H27FN4O3/c1-3-25(4-2)20(27)15-7-6-10-26(13-15)21(28)19-12-17(23-24-19)14-29-18-9-5-8-16(22)11-18/h5,8-9,11-12,15H,3-4,6-7,10,13-14H2,1-2H3,(H,23,24)/t15-/m0/s1. The number of aromatic nitrogens is 2. The molecule has 29 heavy (non-hydrogen) atoms. The number of piperidine rings is 1. The molecule has 0 aliphatic carbocycles. The molecule has 2 heterocycles. The zero-order valence-electron chi connectivity index (χ0n) is 16.9. The summed E-state index contributed by atoms with van der Waals surface area (Å²) in [7, 11) is 0. The average Bonchev–Trinajstić information content (AvgIpc) is 3.22. The molecule has 8 heteroatoms. The number of carbonyl (C=O) groups is 2. The van der Waals surface area contributed by atoms with Crippen molar-refractivity contribution in [3.63, 3.8) is 0 Å². The number of halogens is 1. The van der Waals surface area contributed by atoms with Crippen molar-refractivity contribution in [3.05, 3.63) is 47.5 Å². The maximum atomic E-state index is 13.2. The summed E-state index contributed by atoms with van der Waals surface area (Å²) in [5, 5.41) is 6.88. The molecule has 1 aliphatic heterocycles. The van der Waals surface area contributed by atoms with Gasteiger partial charge in [0.1, 0.15) is 18.2 Å². The van der Waals surface area contributed by atoms with Crippen molar-refractivity contribution in [3.8, 4) is 5.75 Å². The Morgan fingerprint density at radius 1 is 1.31 bits per heavy atom. The summed E-state index contributed by atoms with van der Waals surface area (Å²) in [6.45, 7) is 6.45. The number of hydrogen-bond donors (Lipinski definition) is 1. The first kappa shape index (κ1) is 20.8. The summed E-state index contributed by atoms with van der Waals surface area (Å²) in [4.78, 5) is 29.0. The highest BCUT2D eigenvalue weighted by Gasteiger charge is 2.31. The zero-order chi connectivity index (χ0) is 20.8. The number of rotatable bonds is 7. The summed E-state index contributed by atoms with van der Waals surface area (Å²) in [6.07, 6.45) is 1.59. The molecule has 1 atom stereocenters. The molecule has 2 aromatic rings. The van der Waals surface area contributed by atoms with Crippen LogP contribution in [0.15, 0.2) is 30.3 Å². The Hall–Kier alpha value is -2.90. The highest BCUT2D eigenvalue weighted by molar-refractivity contribution is 5.93. The lowest BCUT2D eigenvalue weighted by Crippen LogP contribution is -2.46. The summed E-state index contributed by atoms with van der Waals surface area (Å²) < 4.78 is 18.7. The van der Waals surface area contributed by atoms with Gasteiger partial charge in [-0.05, 0) is 44.9 Å². The van der Waals surface area contributed by atoms with Gasteiger partial charge in [0.15, 0.2) is 5.69 Å². The molecule has 7 nitrogen and oxygen atoms in total. The largest absolute Gasteiger partial charge is 0.487 e. The van der Waals surface area contributed by atoms with Crippen molar-refractivity contribution in [2.45, 2.75) is 33.3 Å². The molecule has 1 fully saturated rings. The van der Waals surface area contributed by atoms with Crippen molar-refractivity contribution in [1.82, 2.24) is 20.0 Å². The van der Waals surface area contributed by atoms with Crippen molar-refractivity contribution in [2.24, 2.45) is 5.92 Å². The third kappa shape index (κ3) is 5.13. The fourth-order valence-corrected chi connectivity index (χ4v) is 3.58. The van der Waals surface area contributed by atoms with Crippen LogP contribution in [0.25, 0.3) is 0 Å². The molecule has 1 saturated heterocycles. The second-order valence-corrected chi connectivity index (χ2v) is 7.13. The van der Waals surface area contributed by atoms with E-state index in [0.29, 0.717) is 43.3 Å². The Balaban J connectivity index is 1.59. The fourth-order valence-electron chi connectivity index (χ4n) is 3.58. The van der Waals surface area contributed by atoms with Crippen LogP contribution in [0.1, 0.15) is 42.9 Å². The molecule has 1 N–H and O–H groups in total. The number of benzene rings is 1. The van der Waals surface area contributed by atoms with Gasteiger partial charge in [0, 0.05) is 32.2 Å². The van der Waals surface area contributed by atoms with Crippen LogP contribution in [0.4, 0.5) is 4.39 Å². The maximum Gasteiger partial charge on any atom is 0.274 e. The number of hydrogen-bond acceptors (Lipinski definition) is 4. The lowest BCUT2D eigenvalue weighted by atomic mass is 9.96. The number of amides is 2. The van der Waals surface area contributed by atoms with E-state index in [1.54, 1.807) is 23.1 Å². The van der Waals surface area contributed by atoms with Gasteiger partial charge < -0.3 is 14.5 Å². The molecule has 1 aromatic carbocycles. The predicted octanol–water partition coefficient (Wildman–Crippen LogP) is 2.85. The molecule has 0 unspecified atom stereocenters. The lowest BCUT2D eigenvalue weighted by Gasteiger charge is -2.34. The molecule has 0 spiro atoms. The van der Waals surface area contributed by atoms with Crippen LogP contribution in [0.2, 0.25) is 0 Å². The van der Waals surface area contributed by atoms with Gasteiger partial charge in [-0.3, -0.25) is 14.7 Å². The topological polar surface area (TPSA) is 78.5 Å². The third-order valence-corrected chi connectivity index (χ3v) is 5.17. The van der Waals surface area contributed by atoms with Gasteiger partial charge in [-0.2, -0.15) is 5.10 Å². The molecule has 0 radical (unpaired) electrons. The van der Waals surface area contributed by atoms with E-state index in [9.17, 15) is 14.0 Å². The Kier molecular flexibility index (Phi) is 6.85. The smallest absolute Gasteiger partial charge is 0.274 e. The highest BCUT2D eigenvalue weighted by atomic mass is 19.1. The number of H-pyrrole nitrogens is 1. The summed E-state index contributed by atoms with van der Waals surface area (Å²) >= 11 is 0. The van der Waals surface area contributed by atoms with Crippen LogP contribution in [0.3, 0.4) is 0 Å². The van der Waals surface area contributed by atoms with Crippen LogP contribution < -0.4 is 4.74 Å². The number of aromatic amines is 1. The first-order valence-corrected chi connectivity index (χ1v) is 10.0. The van der Waals surface area contributed by atoms with E-state index >= 15 is 0 Å². The van der Waals surface area contributed by atoms with Gasteiger partial charge in [-0.15, -0.1) is 0 Å². The van der Waals surface area contributed by atoms with Crippen LogP contribution in [-0.4, -0.2) is 58.0 Å². The van der Waals surface area contributed by atoms with Crippen LogP contribution in [0.5, 0.6) is 5.75 Å². The van der Waals surface area contributed by atoms with E-state index in [0.717, 1.165) is 12.8 Å². The minimum Gasteiger partial charge on any atom is -0.487 e. The predicted molar refractivity (Wildman–Crippen MR) is 106 cm³/mol. The summed E-state index contributed by atoms with van der Waals surface area (Å²) in [5.74, 6) is -0.223. The molecule has 0 bridgehead atoms. The van der Waals surface area contributed by atoms with E-state index in [2.05, 4.69) is 10.2 Å². The molecular weight excluding hydrogens is 375 g/mol. The lowest BCUT2D eigenvalue weighted by molar-refractivity contribution is -0.136. The Bertz CT molecular complexity index is 850. The molecule has 2 amide bonds. The summed E-state index contributed by atoms with van der Waals surface area (Å²) in [6, 6.07) is 7.50. The second-order valence-electron chi connectivity index (χ2n) is 7.13. The number of ether oxygens (including phenoxy) is 1. The third-order valence-electron chi connectivity index (χ3n) is 5.17. The van der Waals surface area contributed by atoms with Gasteiger partial charge in [-0.1, -0.05) is 6.07 Å². The molecular formula is C21H27FN4O3. The molecule has 3 rings (SSSR count). The summed E-state index contributed by atoms with van der Waals surface area (Å²) in [5.41, 5.74) is 0.907. The molecule has 0 saturated carbocycles. The molecule has 156 valence electrons. The van der Waals surface area contributed by atoms with E-state index in [1.165, 1.54) is 12.1 Å². The average molecular weight is 402 g/mol. The van der Waals surface area contributed by atoms with Crippen molar-refractivity contribution in [2.75, 3.05) is 26.2 Å². The number of carbonyl (C=O) groups excluding carboxylic acids is 2. The van der Waals surface area contributed by atoms with Gasteiger partial charge >= 0.3 is 0 Å². The van der Waals surface area contributed by atoms with E-state index in [-0.39, 0.29) is 30.2 Å². The van der Waals surface area contributed by atoms with E-state index in [4.69, 9.17) is 4.74 Å². The van der Waals surface area contributed by atoms with E-state index in [1.807, 2.05) is 18.7 Å². The minimum atomic E-state index is -0.373. The van der Waals surface area contributed by atoms with Crippen molar-refractivity contribution < 1.29 is 18.7 Å². The SMILES string of the molecule is CCN(CC)C(=O)[C@H]1CCCN(C(=O)c2cc(COc3cccc(F)c3)[nH]n2)C1. The second kappa shape index (κ2) is 9.54. The van der Waals surface area contributed by atoms with Gasteiger partial charge in [0.05, 0.1) is 11.6 Å². The van der Waals surface area contributed by atoms with Crippen LogP contribution >= 0.6 is 0 Å². The number of likely N-dealkylation sites (tertiary alicyclic amines) is 1. The Labute approximate surface area is 169 Å². The van der Waals surface area contributed by atoms with Crippen molar-refractivity contribution in [1.29, 1.82) is 0 Å². The first-order chi connectivity index (χ1) is 14.0. The molecule has 1 aromatic heterocycles. The van der Waals surface area contributed by atoms with Gasteiger partial charge in [-0.25, -0.2) is 4.39 Å². The van der Waals surface area contributed by atoms with E-state index < -0.39 is 0 Å². The van der Waals surface area contributed by atoms with Crippen LogP contribution in [0, 0.1) is 11.7 Å². The normalized spacial score (nSPS) is 16.5. The van der Waals surface area contributed by atoms with Gasteiger partial charge in [0.25, 0.3) is 5.91 Å². The monoisotopic (exact) mass is 402 g/mol. The number of nitrogens with zero attached hydrogens (tertiary/aromatic N) is 3. The zero-order valence-corrected chi connectivity index (χ0v) is 16.9. The van der Waals surface area contributed by atoms with Gasteiger partial charge in [0.2, 0.25) is 5.91 Å². The fraction of sp³-hybridized carbons (Fsp3) is 0.476. The molecule has 1 aliphatic rings. The maximum absolute atomic E-state index is 13.2. The Morgan fingerprint density at radius 2 is 2.10 bits per heavy atom. The van der Waals surface area contributed by atoms with Crippen molar-refractivity contribution >= 4 is 11.8 Å². The minimum absolute atomic E-state index is 0.110. The van der Waals surface area contributed by atoms with Crippen LogP contribution in [-0.2, 0) is 11.4 Å². The first-order valence-electron chi connectivity index (χ1n) is 10.0. The number of nitrogens with one attached hydrogen (secondary N) is 1.